The minimum absolute atomic E-state index is 1.04. The average Bonchev–Trinajstić information content (AvgIpc) is 2.38. The number of unbranched alkanes of at least 4 members (excludes halogenated alkanes) is 3. The van der Waals surface area contributed by atoms with Crippen LogP contribution in [0, 0.1) is 6.92 Å². The molecule has 1 N–H and O–H groups in total. The van der Waals surface area contributed by atoms with Gasteiger partial charge < -0.3 is 10.1 Å². The Kier molecular flexibility index (Phi) is 7.51. The molecular formula is C16H27NO. The van der Waals surface area contributed by atoms with Crippen LogP contribution in [-0.4, -0.2) is 20.2 Å². The first-order valence-electron chi connectivity index (χ1n) is 7.12. The fourth-order valence-electron chi connectivity index (χ4n) is 2.20. The molecule has 0 heterocycles. The van der Waals surface area contributed by atoms with Crippen LogP contribution in [0.5, 0.6) is 5.75 Å². The molecule has 0 bridgehead atoms. The predicted molar refractivity (Wildman–Crippen MR) is 78.4 cm³/mol. The third-order valence-electron chi connectivity index (χ3n) is 3.24. The van der Waals surface area contributed by atoms with Crippen LogP contribution < -0.4 is 10.1 Å². The Bertz CT molecular complexity index is 336. The maximum absolute atomic E-state index is 5.40. The lowest BCUT2D eigenvalue weighted by Gasteiger charge is -2.09. The summed E-state index contributed by atoms with van der Waals surface area (Å²) in [6.07, 6.45) is 6.31. The molecular weight excluding hydrogens is 222 g/mol. The SMILES string of the molecule is CCNCCCCCCc1cc(C)ccc1OC. The van der Waals surface area contributed by atoms with E-state index in [1.54, 1.807) is 7.11 Å². The zero-order valence-electron chi connectivity index (χ0n) is 12.1. The first kappa shape index (κ1) is 15.0. The molecule has 0 aliphatic heterocycles. The zero-order chi connectivity index (χ0) is 13.2. The van der Waals surface area contributed by atoms with Crippen molar-refractivity contribution in [2.24, 2.45) is 0 Å². The van der Waals surface area contributed by atoms with E-state index in [4.69, 9.17) is 4.74 Å². The van der Waals surface area contributed by atoms with Gasteiger partial charge in [-0.05, 0) is 50.9 Å². The van der Waals surface area contributed by atoms with Crippen molar-refractivity contribution in [1.82, 2.24) is 5.32 Å². The van der Waals surface area contributed by atoms with Gasteiger partial charge in [-0.3, -0.25) is 0 Å². The smallest absolute Gasteiger partial charge is 0.122 e. The molecule has 0 amide bonds. The topological polar surface area (TPSA) is 21.3 Å². The molecule has 18 heavy (non-hydrogen) atoms. The fourth-order valence-corrected chi connectivity index (χ4v) is 2.20. The van der Waals surface area contributed by atoms with E-state index in [-0.39, 0.29) is 0 Å². The molecule has 1 rings (SSSR count). The number of ether oxygens (including phenoxy) is 1. The Hall–Kier alpha value is -1.02. The van der Waals surface area contributed by atoms with Crippen molar-refractivity contribution in [2.75, 3.05) is 20.2 Å². The van der Waals surface area contributed by atoms with Crippen molar-refractivity contribution in [3.05, 3.63) is 29.3 Å². The summed E-state index contributed by atoms with van der Waals surface area (Å²) in [6.45, 7) is 6.54. The van der Waals surface area contributed by atoms with Crippen LogP contribution in [0.15, 0.2) is 18.2 Å². The maximum atomic E-state index is 5.40. The molecule has 2 nitrogen and oxygen atoms in total. The zero-order valence-corrected chi connectivity index (χ0v) is 12.1. The Morgan fingerprint density at radius 2 is 1.89 bits per heavy atom. The van der Waals surface area contributed by atoms with Crippen LogP contribution in [-0.2, 0) is 6.42 Å². The Morgan fingerprint density at radius 1 is 1.11 bits per heavy atom. The number of hydrogen-bond donors (Lipinski definition) is 1. The number of aryl methyl sites for hydroxylation is 2. The van der Waals surface area contributed by atoms with Gasteiger partial charge in [-0.15, -0.1) is 0 Å². The molecule has 0 aliphatic carbocycles. The van der Waals surface area contributed by atoms with Gasteiger partial charge >= 0.3 is 0 Å². The van der Waals surface area contributed by atoms with Gasteiger partial charge in [0.1, 0.15) is 5.75 Å². The van der Waals surface area contributed by atoms with Gasteiger partial charge in [-0.2, -0.15) is 0 Å². The van der Waals surface area contributed by atoms with Crippen LogP contribution in [0.4, 0.5) is 0 Å². The second-order valence-electron chi connectivity index (χ2n) is 4.83. The molecule has 0 unspecified atom stereocenters. The number of hydrogen-bond acceptors (Lipinski definition) is 2. The van der Waals surface area contributed by atoms with Gasteiger partial charge in [0.2, 0.25) is 0 Å². The molecule has 0 aromatic heterocycles. The third kappa shape index (κ3) is 5.54. The second-order valence-corrected chi connectivity index (χ2v) is 4.83. The first-order chi connectivity index (χ1) is 8.77. The summed E-state index contributed by atoms with van der Waals surface area (Å²) in [5.74, 6) is 1.04. The molecule has 102 valence electrons. The summed E-state index contributed by atoms with van der Waals surface area (Å²) >= 11 is 0. The van der Waals surface area contributed by atoms with Crippen LogP contribution in [0.3, 0.4) is 0 Å². The van der Waals surface area contributed by atoms with E-state index in [0.29, 0.717) is 0 Å². The quantitative estimate of drug-likeness (QED) is 0.674. The summed E-state index contributed by atoms with van der Waals surface area (Å²) < 4.78 is 5.40. The predicted octanol–water partition coefficient (Wildman–Crippen LogP) is 3.72. The normalized spacial score (nSPS) is 10.6. The van der Waals surface area contributed by atoms with Gasteiger partial charge in [-0.25, -0.2) is 0 Å². The van der Waals surface area contributed by atoms with Crippen LogP contribution >= 0.6 is 0 Å². The van der Waals surface area contributed by atoms with E-state index in [2.05, 4.69) is 37.4 Å². The minimum atomic E-state index is 1.04. The van der Waals surface area contributed by atoms with Crippen molar-refractivity contribution in [3.8, 4) is 5.75 Å². The highest BCUT2D eigenvalue weighted by molar-refractivity contribution is 5.36. The molecule has 0 aliphatic rings. The van der Waals surface area contributed by atoms with E-state index in [0.717, 1.165) is 25.3 Å². The Balaban J connectivity index is 2.24. The average molecular weight is 249 g/mol. The number of methoxy groups -OCH3 is 1. The molecule has 0 atom stereocenters. The van der Waals surface area contributed by atoms with E-state index < -0.39 is 0 Å². The van der Waals surface area contributed by atoms with Crippen LogP contribution in [0.2, 0.25) is 0 Å². The largest absolute Gasteiger partial charge is 0.496 e. The van der Waals surface area contributed by atoms with E-state index in [1.165, 1.54) is 36.8 Å². The highest BCUT2D eigenvalue weighted by Gasteiger charge is 2.02. The molecule has 0 fully saturated rings. The highest BCUT2D eigenvalue weighted by atomic mass is 16.5. The maximum Gasteiger partial charge on any atom is 0.122 e. The summed E-state index contributed by atoms with van der Waals surface area (Å²) in [4.78, 5) is 0. The van der Waals surface area contributed by atoms with Crippen molar-refractivity contribution in [2.45, 2.75) is 46.0 Å². The van der Waals surface area contributed by atoms with Gasteiger partial charge in [0.05, 0.1) is 7.11 Å². The lowest BCUT2D eigenvalue weighted by Crippen LogP contribution is -2.13. The number of nitrogens with one attached hydrogen (secondary N) is 1. The molecule has 0 radical (unpaired) electrons. The third-order valence-corrected chi connectivity index (χ3v) is 3.24. The summed E-state index contributed by atoms with van der Waals surface area (Å²) in [5, 5.41) is 3.36. The van der Waals surface area contributed by atoms with Gasteiger partial charge in [0.25, 0.3) is 0 Å². The van der Waals surface area contributed by atoms with Crippen molar-refractivity contribution in [3.63, 3.8) is 0 Å². The molecule has 0 spiro atoms. The summed E-state index contributed by atoms with van der Waals surface area (Å²) in [6, 6.07) is 6.44. The van der Waals surface area contributed by atoms with Gasteiger partial charge in [0, 0.05) is 0 Å². The lowest BCUT2D eigenvalue weighted by atomic mass is 10.0. The molecule has 1 aromatic rings. The first-order valence-corrected chi connectivity index (χ1v) is 7.12. The second kappa shape index (κ2) is 8.98. The fraction of sp³-hybridized carbons (Fsp3) is 0.625. The molecule has 0 saturated heterocycles. The van der Waals surface area contributed by atoms with Crippen LogP contribution in [0.25, 0.3) is 0 Å². The van der Waals surface area contributed by atoms with Crippen molar-refractivity contribution in [1.29, 1.82) is 0 Å². The van der Waals surface area contributed by atoms with Crippen molar-refractivity contribution < 1.29 is 4.74 Å². The minimum Gasteiger partial charge on any atom is -0.496 e. The molecule has 2 heteroatoms. The van der Waals surface area contributed by atoms with Crippen molar-refractivity contribution >= 4 is 0 Å². The van der Waals surface area contributed by atoms with E-state index in [9.17, 15) is 0 Å². The van der Waals surface area contributed by atoms with E-state index >= 15 is 0 Å². The Labute approximate surface area is 112 Å². The Morgan fingerprint density at radius 3 is 2.61 bits per heavy atom. The number of benzene rings is 1. The summed E-state index contributed by atoms with van der Waals surface area (Å²) in [7, 11) is 1.75. The lowest BCUT2D eigenvalue weighted by molar-refractivity contribution is 0.408. The van der Waals surface area contributed by atoms with Crippen LogP contribution in [0.1, 0.15) is 43.7 Å². The standard InChI is InChI=1S/C16H27NO/c1-4-17-12-8-6-5-7-9-15-13-14(2)10-11-16(15)18-3/h10-11,13,17H,4-9,12H2,1-3H3. The monoisotopic (exact) mass is 249 g/mol. The highest BCUT2D eigenvalue weighted by Crippen LogP contribution is 2.21. The molecule has 1 aromatic carbocycles. The summed E-state index contributed by atoms with van der Waals surface area (Å²) in [5.41, 5.74) is 2.67. The van der Waals surface area contributed by atoms with E-state index in [1.807, 2.05) is 0 Å². The van der Waals surface area contributed by atoms with Gasteiger partial charge in [0.15, 0.2) is 0 Å². The number of rotatable bonds is 9. The molecule has 0 saturated carbocycles. The van der Waals surface area contributed by atoms with Gasteiger partial charge in [-0.1, -0.05) is 37.5 Å².